The van der Waals surface area contributed by atoms with Crippen LogP contribution in [-0.2, 0) is 9.47 Å². The SMILES string of the molecule is COc1ccccc1P(CC1(CP(c2ccccc2OC)c2ccccc2OC)COC2(CCCCCCCCCCC2)OC1)c1ccccc1OC. The molecule has 0 atom stereocenters. The molecule has 1 saturated carbocycles. The van der Waals surface area contributed by atoms with Crippen LogP contribution in [0.2, 0.25) is 0 Å². The van der Waals surface area contributed by atoms with Gasteiger partial charge in [0.1, 0.15) is 23.0 Å². The number of hydrogen-bond donors (Lipinski definition) is 0. The first kappa shape index (κ1) is 39.6. The van der Waals surface area contributed by atoms with Gasteiger partial charge in [0.15, 0.2) is 5.79 Å². The predicted molar refractivity (Wildman–Crippen MR) is 222 cm³/mol. The van der Waals surface area contributed by atoms with Crippen LogP contribution in [0.5, 0.6) is 23.0 Å². The number of para-hydroxylation sites is 4. The van der Waals surface area contributed by atoms with Gasteiger partial charge in [0, 0.05) is 39.5 Å². The first-order chi connectivity index (χ1) is 26.0. The summed E-state index contributed by atoms with van der Waals surface area (Å²) < 4.78 is 38.8. The van der Waals surface area contributed by atoms with Crippen molar-refractivity contribution in [3.63, 3.8) is 0 Å². The molecule has 0 unspecified atom stereocenters. The first-order valence-electron chi connectivity index (χ1n) is 19.4. The normalized spacial score (nSPS) is 17.8. The lowest BCUT2D eigenvalue weighted by Gasteiger charge is -2.49. The number of benzene rings is 4. The third-order valence-electron chi connectivity index (χ3n) is 10.9. The van der Waals surface area contributed by atoms with E-state index in [1.54, 1.807) is 28.4 Å². The van der Waals surface area contributed by atoms with Crippen LogP contribution in [0.1, 0.15) is 70.6 Å². The van der Waals surface area contributed by atoms with Crippen LogP contribution < -0.4 is 40.2 Å². The maximum atomic E-state index is 7.27. The quantitative estimate of drug-likeness (QED) is 0.134. The Morgan fingerprint density at radius 1 is 0.434 bits per heavy atom. The van der Waals surface area contributed by atoms with Crippen molar-refractivity contribution in [1.29, 1.82) is 0 Å². The third kappa shape index (κ3) is 9.76. The largest absolute Gasteiger partial charge is 0.496 e. The van der Waals surface area contributed by atoms with E-state index in [-0.39, 0.29) is 5.41 Å². The lowest BCUT2D eigenvalue weighted by atomic mass is 9.91. The highest BCUT2D eigenvalue weighted by molar-refractivity contribution is 7.74. The summed E-state index contributed by atoms with van der Waals surface area (Å²) >= 11 is 0. The summed E-state index contributed by atoms with van der Waals surface area (Å²) in [4.78, 5) is 0. The topological polar surface area (TPSA) is 55.4 Å². The van der Waals surface area contributed by atoms with Gasteiger partial charge in [0.25, 0.3) is 0 Å². The zero-order valence-electron chi connectivity index (χ0n) is 32.2. The highest BCUT2D eigenvalue weighted by Gasteiger charge is 2.48. The van der Waals surface area contributed by atoms with Gasteiger partial charge in [-0.25, -0.2) is 0 Å². The van der Waals surface area contributed by atoms with Crippen molar-refractivity contribution in [2.75, 3.05) is 54.0 Å². The molecule has 53 heavy (non-hydrogen) atoms. The number of methoxy groups -OCH3 is 4. The zero-order valence-corrected chi connectivity index (χ0v) is 34.0. The minimum absolute atomic E-state index is 0.351. The average molecular weight is 757 g/mol. The first-order valence-corrected chi connectivity index (χ1v) is 22.4. The van der Waals surface area contributed by atoms with E-state index < -0.39 is 21.6 Å². The molecular weight excluding hydrogens is 698 g/mol. The van der Waals surface area contributed by atoms with E-state index in [9.17, 15) is 0 Å². The number of hydrogen-bond acceptors (Lipinski definition) is 6. The van der Waals surface area contributed by atoms with Gasteiger partial charge in [0.2, 0.25) is 0 Å². The molecule has 1 aliphatic carbocycles. The summed E-state index contributed by atoms with van der Waals surface area (Å²) in [6.45, 7) is 1.22. The maximum Gasteiger partial charge on any atom is 0.168 e. The highest BCUT2D eigenvalue weighted by Crippen LogP contribution is 2.54. The molecular formula is C45H58O6P2. The van der Waals surface area contributed by atoms with Crippen molar-refractivity contribution < 1.29 is 28.4 Å². The van der Waals surface area contributed by atoms with Gasteiger partial charge in [-0.05, 0) is 65.3 Å². The van der Waals surface area contributed by atoms with Crippen LogP contribution in [0.15, 0.2) is 97.1 Å². The Hall–Kier alpha value is -3.14. The molecule has 0 radical (unpaired) electrons. The van der Waals surface area contributed by atoms with Gasteiger partial charge in [0.05, 0.1) is 41.7 Å². The van der Waals surface area contributed by atoms with Crippen LogP contribution in [0.25, 0.3) is 0 Å². The molecule has 2 aliphatic rings. The fourth-order valence-corrected chi connectivity index (χ4v) is 14.1. The standard InChI is InChI=1S/C45H58O6P2/c1-46-36-22-12-16-26-40(36)52(41-27-17-13-23-37(41)47-2)34-44(32-50-45(51-33-44)30-20-10-8-6-5-7-9-11-21-31-45)35-53(42-28-18-14-24-38(42)48-3)43-29-19-15-25-39(43)49-4/h12-19,22-29H,5-11,20-21,30-35H2,1-4H3. The molecule has 0 bridgehead atoms. The van der Waals surface area contributed by atoms with Crippen molar-refractivity contribution in [3.05, 3.63) is 97.1 Å². The van der Waals surface area contributed by atoms with Crippen LogP contribution in [0.4, 0.5) is 0 Å². The average Bonchev–Trinajstić information content (AvgIpc) is 3.21. The van der Waals surface area contributed by atoms with E-state index in [1.165, 1.54) is 66.2 Å². The Kier molecular flexibility index (Phi) is 14.5. The van der Waals surface area contributed by atoms with Crippen LogP contribution in [0.3, 0.4) is 0 Å². The second-order valence-electron chi connectivity index (χ2n) is 14.5. The Balaban J connectivity index is 1.47. The Labute approximate surface area is 320 Å². The Bertz CT molecular complexity index is 1510. The minimum Gasteiger partial charge on any atom is -0.496 e. The molecule has 0 aromatic heterocycles. The minimum atomic E-state index is -0.981. The summed E-state index contributed by atoms with van der Waals surface area (Å²) in [7, 11) is 5.12. The lowest BCUT2D eigenvalue weighted by Crippen LogP contribution is -2.53. The smallest absolute Gasteiger partial charge is 0.168 e. The highest BCUT2D eigenvalue weighted by atomic mass is 31.1. The predicted octanol–water partition coefficient (Wildman–Crippen LogP) is 9.32. The maximum absolute atomic E-state index is 7.27. The molecule has 6 rings (SSSR count). The summed E-state index contributed by atoms with van der Waals surface area (Å²) in [6, 6.07) is 33.9. The molecule has 0 N–H and O–H groups in total. The summed E-state index contributed by atoms with van der Waals surface area (Å²) in [5.74, 6) is 3.03. The number of ether oxygens (including phenoxy) is 6. The second-order valence-corrected chi connectivity index (χ2v) is 18.8. The molecule has 8 heteroatoms. The van der Waals surface area contributed by atoms with E-state index in [0.717, 1.165) is 61.0 Å². The van der Waals surface area contributed by atoms with Crippen molar-refractivity contribution >= 4 is 37.1 Å². The molecule has 4 aromatic carbocycles. The van der Waals surface area contributed by atoms with Crippen molar-refractivity contribution in [2.24, 2.45) is 5.41 Å². The van der Waals surface area contributed by atoms with Gasteiger partial charge in [-0.3, -0.25) is 0 Å². The summed E-state index contributed by atoms with van der Waals surface area (Å²) in [5.41, 5.74) is -0.351. The monoisotopic (exact) mass is 756 g/mol. The van der Waals surface area contributed by atoms with Crippen LogP contribution in [-0.4, -0.2) is 59.8 Å². The van der Waals surface area contributed by atoms with Crippen LogP contribution in [0, 0.1) is 5.41 Å². The Morgan fingerprint density at radius 2 is 0.717 bits per heavy atom. The summed E-state index contributed by atoms with van der Waals surface area (Å²) in [6.07, 6.45) is 14.9. The van der Waals surface area contributed by atoms with Crippen LogP contribution >= 0.6 is 15.8 Å². The van der Waals surface area contributed by atoms with Gasteiger partial charge < -0.3 is 28.4 Å². The lowest BCUT2D eigenvalue weighted by molar-refractivity contribution is -0.304. The number of rotatable bonds is 12. The van der Waals surface area contributed by atoms with E-state index in [4.69, 9.17) is 28.4 Å². The second kappa shape index (κ2) is 19.4. The molecule has 4 aromatic rings. The molecule has 1 saturated heterocycles. The van der Waals surface area contributed by atoms with E-state index >= 15 is 0 Å². The van der Waals surface area contributed by atoms with Crippen molar-refractivity contribution in [1.82, 2.24) is 0 Å². The molecule has 2 fully saturated rings. The fourth-order valence-electron chi connectivity index (χ4n) is 8.01. The van der Waals surface area contributed by atoms with Gasteiger partial charge in [-0.1, -0.05) is 118 Å². The van der Waals surface area contributed by atoms with E-state index in [0.29, 0.717) is 13.2 Å². The van der Waals surface area contributed by atoms with E-state index in [2.05, 4.69) is 97.1 Å². The molecule has 284 valence electrons. The third-order valence-corrected chi connectivity index (χ3v) is 16.7. The van der Waals surface area contributed by atoms with Gasteiger partial charge in [-0.15, -0.1) is 0 Å². The van der Waals surface area contributed by atoms with Gasteiger partial charge >= 0.3 is 0 Å². The van der Waals surface area contributed by atoms with Crippen molar-refractivity contribution in [2.45, 2.75) is 76.4 Å². The molecule has 1 aliphatic heterocycles. The molecule has 1 spiro atoms. The summed E-state index contributed by atoms with van der Waals surface area (Å²) in [5, 5.41) is 4.77. The molecule has 6 nitrogen and oxygen atoms in total. The zero-order chi connectivity index (χ0) is 36.9. The fraction of sp³-hybridized carbons (Fsp3) is 0.467. The molecule has 0 amide bonds. The molecule has 1 heterocycles. The van der Waals surface area contributed by atoms with Crippen molar-refractivity contribution in [3.8, 4) is 23.0 Å². The van der Waals surface area contributed by atoms with E-state index in [1.807, 2.05) is 0 Å². The Morgan fingerprint density at radius 3 is 1.02 bits per heavy atom. The van der Waals surface area contributed by atoms with Gasteiger partial charge in [-0.2, -0.15) is 0 Å².